The van der Waals surface area contributed by atoms with E-state index < -0.39 is 0 Å². The largest absolute Gasteiger partial charge is 0.481 e. The molecule has 0 spiro atoms. The smallest absolute Gasteiger partial charge is 0.228 e. The van der Waals surface area contributed by atoms with Gasteiger partial charge >= 0.3 is 0 Å². The monoisotopic (exact) mass is 335 g/mol. The number of carbonyl (C=O) groups excluding carboxylic acids is 1. The zero-order valence-electron chi connectivity index (χ0n) is 11.2. The third kappa shape index (κ3) is 2.35. The van der Waals surface area contributed by atoms with E-state index in [1.807, 2.05) is 6.07 Å². The van der Waals surface area contributed by atoms with E-state index in [9.17, 15) is 4.79 Å². The molecule has 1 amide bonds. The van der Waals surface area contributed by atoms with Crippen molar-refractivity contribution in [2.45, 2.75) is 13.3 Å². The fraction of sp³-hybridized carbons (Fsp3) is 0.357. The van der Waals surface area contributed by atoms with E-state index in [-0.39, 0.29) is 11.8 Å². The molecule has 0 radical (unpaired) electrons. The van der Waals surface area contributed by atoms with Crippen LogP contribution < -0.4 is 10.1 Å². The van der Waals surface area contributed by atoms with Crippen LogP contribution in [0.2, 0.25) is 0 Å². The topological polar surface area (TPSA) is 64.1 Å². The van der Waals surface area contributed by atoms with Crippen LogP contribution in [0.1, 0.15) is 13.3 Å². The molecular formula is C14H14BrN3O2. The van der Waals surface area contributed by atoms with E-state index in [1.54, 1.807) is 19.5 Å². The molecule has 2 heterocycles. The van der Waals surface area contributed by atoms with Crippen molar-refractivity contribution in [1.29, 1.82) is 0 Å². The van der Waals surface area contributed by atoms with Crippen molar-refractivity contribution in [3.8, 4) is 5.88 Å². The standard InChI is InChI=1S/C14H14BrN3O2/c1-7-3-8(7)13(19)18-12-4-9-10(5-16-12)14(20-2)17-6-11(9)15/h4-8H,3H2,1-2H3,(H,16,18,19)/t7-,8+/m1/s1. The van der Waals surface area contributed by atoms with Gasteiger partial charge in [-0.05, 0) is 34.3 Å². The van der Waals surface area contributed by atoms with Gasteiger partial charge in [0.15, 0.2) is 0 Å². The number of anilines is 1. The quantitative estimate of drug-likeness (QED) is 0.936. The van der Waals surface area contributed by atoms with Crippen LogP contribution >= 0.6 is 15.9 Å². The summed E-state index contributed by atoms with van der Waals surface area (Å²) in [6, 6.07) is 1.83. The fourth-order valence-corrected chi connectivity index (χ4v) is 2.65. The molecule has 20 heavy (non-hydrogen) atoms. The lowest BCUT2D eigenvalue weighted by molar-refractivity contribution is -0.117. The molecule has 6 heteroatoms. The summed E-state index contributed by atoms with van der Waals surface area (Å²) in [5.74, 6) is 1.72. The Hall–Kier alpha value is -1.69. The van der Waals surface area contributed by atoms with Gasteiger partial charge in [0.25, 0.3) is 0 Å². The Labute approximate surface area is 124 Å². The second-order valence-corrected chi connectivity index (χ2v) is 5.89. The highest BCUT2D eigenvalue weighted by Gasteiger charge is 2.39. The third-order valence-corrected chi connectivity index (χ3v) is 4.21. The van der Waals surface area contributed by atoms with E-state index in [0.29, 0.717) is 17.6 Å². The Kier molecular flexibility index (Phi) is 3.33. The van der Waals surface area contributed by atoms with Crippen molar-refractivity contribution >= 4 is 38.4 Å². The molecule has 0 unspecified atom stereocenters. The third-order valence-electron chi connectivity index (χ3n) is 3.58. The van der Waals surface area contributed by atoms with Crippen molar-refractivity contribution in [2.75, 3.05) is 12.4 Å². The number of nitrogens with one attached hydrogen (secondary N) is 1. The van der Waals surface area contributed by atoms with Crippen LogP contribution in [0.5, 0.6) is 5.88 Å². The molecule has 0 saturated heterocycles. The number of carbonyl (C=O) groups is 1. The van der Waals surface area contributed by atoms with Gasteiger partial charge in [-0.25, -0.2) is 9.97 Å². The predicted octanol–water partition coefficient (Wildman–Crippen LogP) is 3.00. The summed E-state index contributed by atoms with van der Waals surface area (Å²) in [5, 5.41) is 4.57. The van der Waals surface area contributed by atoms with Crippen molar-refractivity contribution < 1.29 is 9.53 Å². The lowest BCUT2D eigenvalue weighted by Gasteiger charge is -2.08. The van der Waals surface area contributed by atoms with Gasteiger partial charge in [0, 0.05) is 28.2 Å². The number of amides is 1. The fourth-order valence-electron chi connectivity index (χ4n) is 2.22. The average molecular weight is 336 g/mol. The first-order valence-corrected chi connectivity index (χ1v) is 7.18. The molecule has 5 nitrogen and oxygen atoms in total. The van der Waals surface area contributed by atoms with Gasteiger partial charge in [0.1, 0.15) is 5.82 Å². The number of ether oxygens (including phenoxy) is 1. The van der Waals surface area contributed by atoms with Crippen LogP contribution in [-0.4, -0.2) is 23.0 Å². The molecule has 1 fully saturated rings. The van der Waals surface area contributed by atoms with E-state index in [0.717, 1.165) is 21.7 Å². The van der Waals surface area contributed by atoms with Crippen LogP contribution in [0.25, 0.3) is 10.8 Å². The maximum atomic E-state index is 11.9. The van der Waals surface area contributed by atoms with Crippen LogP contribution in [0.15, 0.2) is 22.9 Å². The van der Waals surface area contributed by atoms with Gasteiger partial charge in [0.2, 0.25) is 11.8 Å². The first kappa shape index (κ1) is 13.3. The maximum Gasteiger partial charge on any atom is 0.228 e. The number of rotatable bonds is 3. The van der Waals surface area contributed by atoms with Crippen LogP contribution in [0.3, 0.4) is 0 Å². The Morgan fingerprint density at radius 3 is 2.80 bits per heavy atom. The minimum Gasteiger partial charge on any atom is -0.481 e. The summed E-state index contributed by atoms with van der Waals surface area (Å²) in [7, 11) is 1.57. The van der Waals surface area contributed by atoms with E-state index in [4.69, 9.17) is 4.74 Å². The van der Waals surface area contributed by atoms with Gasteiger partial charge in [-0.1, -0.05) is 6.92 Å². The molecule has 1 aliphatic carbocycles. The molecule has 1 saturated carbocycles. The number of hydrogen-bond acceptors (Lipinski definition) is 4. The summed E-state index contributed by atoms with van der Waals surface area (Å²) >= 11 is 3.45. The normalized spacial score (nSPS) is 20.8. The van der Waals surface area contributed by atoms with E-state index >= 15 is 0 Å². The molecule has 1 aliphatic rings. The molecule has 0 bridgehead atoms. The van der Waals surface area contributed by atoms with Crippen molar-refractivity contribution in [2.24, 2.45) is 11.8 Å². The Morgan fingerprint density at radius 1 is 1.40 bits per heavy atom. The molecule has 0 aliphatic heterocycles. The van der Waals surface area contributed by atoms with Crippen molar-refractivity contribution in [3.05, 3.63) is 22.9 Å². The maximum absolute atomic E-state index is 11.9. The lowest BCUT2D eigenvalue weighted by atomic mass is 10.2. The predicted molar refractivity (Wildman–Crippen MR) is 79.7 cm³/mol. The Morgan fingerprint density at radius 2 is 2.15 bits per heavy atom. The highest BCUT2D eigenvalue weighted by Crippen LogP contribution is 2.38. The number of methoxy groups -OCH3 is 1. The van der Waals surface area contributed by atoms with Gasteiger partial charge in [-0.2, -0.15) is 0 Å². The second kappa shape index (κ2) is 5.01. The molecule has 2 aromatic heterocycles. The first-order valence-electron chi connectivity index (χ1n) is 6.39. The number of halogens is 1. The van der Waals surface area contributed by atoms with Crippen LogP contribution in [-0.2, 0) is 4.79 Å². The lowest BCUT2D eigenvalue weighted by Crippen LogP contribution is -2.15. The van der Waals surface area contributed by atoms with Crippen LogP contribution in [0.4, 0.5) is 5.82 Å². The summed E-state index contributed by atoms with van der Waals surface area (Å²) in [5.41, 5.74) is 0. The van der Waals surface area contributed by atoms with Crippen molar-refractivity contribution in [1.82, 2.24) is 9.97 Å². The highest BCUT2D eigenvalue weighted by molar-refractivity contribution is 9.10. The van der Waals surface area contributed by atoms with E-state index in [1.165, 1.54) is 0 Å². The molecule has 2 atom stereocenters. The number of pyridine rings is 2. The Balaban J connectivity index is 1.94. The zero-order chi connectivity index (χ0) is 14.3. The van der Waals surface area contributed by atoms with Crippen LogP contribution in [0, 0.1) is 11.8 Å². The summed E-state index contributed by atoms with van der Waals surface area (Å²) in [6.45, 7) is 2.07. The molecule has 2 aromatic rings. The Bertz CT molecular complexity index is 689. The number of hydrogen-bond donors (Lipinski definition) is 1. The molecule has 1 N–H and O–H groups in total. The van der Waals surface area contributed by atoms with Gasteiger partial charge in [-0.3, -0.25) is 4.79 Å². The number of nitrogens with zero attached hydrogens (tertiary/aromatic N) is 2. The van der Waals surface area contributed by atoms with Gasteiger partial charge < -0.3 is 10.1 Å². The second-order valence-electron chi connectivity index (χ2n) is 5.04. The van der Waals surface area contributed by atoms with Gasteiger partial charge in [0.05, 0.1) is 12.5 Å². The highest BCUT2D eigenvalue weighted by atomic mass is 79.9. The molecule has 3 rings (SSSR count). The number of fused-ring (bicyclic) bond motifs is 1. The van der Waals surface area contributed by atoms with Gasteiger partial charge in [-0.15, -0.1) is 0 Å². The average Bonchev–Trinajstić information content (AvgIpc) is 3.17. The zero-order valence-corrected chi connectivity index (χ0v) is 12.8. The molecule has 104 valence electrons. The summed E-state index contributed by atoms with van der Waals surface area (Å²) in [4.78, 5) is 20.4. The summed E-state index contributed by atoms with van der Waals surface area (Å²) < 4.78 is 6.05. The minimum absolute atomic E-state index is 0.0430. The number of aromatic nitrogens is 2. The first-order chi connectivity index (χ1) is 9.60. The molecular weight excluding hydrogens is 322 g/mol. The SMILES string of the molecule is COc1ncc(Br)c2cc(NC(=O)[C@H]3C[C@H]3C)ncc12. The minimum atomic E-state index is 0.0430. The van der Waals surface area contributed by atoms with E-state index in [2.05, 4.69) is 38.1 Å². The summed E-state index contributed by atoms with van der Waals surface area (Å²) in [6.07, 6.45) is 4.30. The molecule has 0 aromatic carbocycles. The van der Waals surface area contributed by atoms with Crippen molar-refractivity contribution in [3.63, 3.8) is 0 Å².